The van der Waals surface area contributed by atoms with Gasteiger partial charge in [-0.1, -0.05) is 41.9 Å². The van der Waals surface area contributed by atoms with E-state index in [4.69, 9.17) is 21.1 Å². The molecule has 0 spiro atoms. The van der Waals surface area contributed by atoms with Gasteiger partial charge in [-0.05, 0) is 67.4 Å². The molecule has 10 nitrogen and oxygen atoms in total. The molecule has 1 atom stereocenters. The second-order valence-corrected chi connectivity index (χ2v) is 13.0. The van der Waals surface area contributed by atoms with Crippen LogP contribution in [0.4, 0.5) is 5.82 Å². The first-order chi connectivity index (χ1) is 21.7. The molecule has 0 unspecified atom stereocenters. The number of methoxy groups -OCH3 is 2. The zero-order valence-corrected chi connectivity index (χ0v) is 27.0. The number of aromatic nitrogens is 2. The van der Waals surface area contributed by atoms with Crippen molar-refractivity contribution in [2.24, 2.45) is 0 Å². The van der Waals surface area contributed by atoms with Gasteiger partial charge in [-0.15, -0.1) is 10.2 Å². The topological polar surface area (TPSA) is 105 Å². The van der Waals surface area contributed by atoms with Gasteiger partial charge < -0.3 is 19.3 Å². The highest BCUT2D eigenvalue weighted by molar-refractivity contribution is 7.89. The maximum absolute atomic E-state index is 13.9. The zero-order valence-electron chi connectivity index (χ0n) is 25.5. The quantitative estimate of drug-likeness (QED) is 0.228. The Morgan fingerprint density at radius 1 is 0.911 bits per heavy atom. The number of amides is 1. The van der Waals surface area contributed by atoms with Gasteiger partial charge in [0, 0.05) is 48.9 Å². The van der Waals surface area contributed by atoms with Gasteiger partial charge in [0.1, 0.15) is 11.5 Å². The van der Waals surface area contributed by atoms with Crippen molar-refractivity contribution in [2.75, 3.05) is 51.8 Å². The molecule has 236 valence electrons. The lowest BCUT2D eigenvalue weighted by atomic mass is 10.1. The normalized spacial score (nSPS) is 14.6. The highest BCUT2D eigenvalue weighted by Gasteiger charge is 2.33. The monoisotopic (exact) mass is 649 g/mol. The molecule has 1 amide bonds. The molecule has 0 saturated carbocycles. The van der Waals surface area contributed by atoms with Crippen LogP contribution in [0.3, 0.4) is 0 Å². The molecule has 3 aromatic carbocycles. The third-order valence-corrected chi connectivity index (χ3v) is 10.1. The first-order valence-electron chi connectivity index (χ1n) is 14.6. The molecule has 5 rings (SSSR count). The second kappa shape index (κ2) is 14.3. The lowest BCUT2D eigenvalue weighted by Crippen LogP contribution is -2.45. The van der Waals surface area contributed by atoms with Gasteiger partial charge in [0.25, 0.3) is 0 Å². The smallest absolute Gasteiger partial charge is 0.244 e. The lowest BCUT2D eigenvalue weighted by Gasteiger charge is -2.31. The molecule has 1 aliphatic rings. The molecule has 1 aliphatic heterocycles. The third kappa shape index (κ3) is 7.38. The van der Waals surface area contributed by atoms with Crippen LogP contribution in [0.2, 0.25) is 5.02 Å². The number of benzene rings is 3. The van der Waals surface area contributed by atoms with E-state index < -0.39 is 16.1 Å². The van der Waals surface area contributed by atoms with Crippen LogP contribution >= 0.6 is 11.6 Å². The lowest BCUT2D eigenvalue weighted by molar-refractivity contribution is -0.131. The van der Waals surface area contributed by atoms with Crippen molar-refractivity contribution in [1.82, 2.24) is 19.4 Å². The number of hydrogen-bond donors (Lipinski definition) is 0. The number of halogens is 1. The van der Waals surface area contributed by atoms with Crippen molar-refractivity contribution in [1.29, 1.82) is 0 Å². The average molecular weight is 650 g/mol. The van der Waals surface area contributed by atoms with E-state index in [-0.39, 0.29) is 17.3 Å². The van der Waals surface area contributed by atoms with Crippen molar-refractivity contribution in [2.45, 2.75) is 24.3 Å². The molecule has 12 heteroatoms. The van der Waals surface area contributed by atoms with E-state index in [1.807, 2.05) is 54.6 Å². The molecule has 0 N–H and O–H groups in total. The van der Waals surface area contributed by atoms with Crippen molar-refractivity contribution >= 4 is 33.3 Å². The maximum Gasteiger partial charge on any atom is 0.244 e. The molecule has 45 heavy (non-hydrogen) atoms. The molecule has 0 aliphatic carbocycles. The van der Waals surface area contributed by atoms with Gasteiger partial charge in [0.2, 0.25) is 15.9 Å². The number of nitrogens with zero attached hydrogens (tertiary/aromatic N) is 5. The Morgan fingerprint density at radius 3 is 2.33 bits per heavy atom. The van der Waals surface area contributed by atoms with Crippen LogP contribution in [0.1, 0.15) is 24.9 Å². The van der Waals surface area contributed by atoms with Crippen LogP contribution in [-0.2, 0) is 14.8 Å². The molecule has 4 aromatic rings. The van der Waals surface area contributed by atoms with Gasteiger partial charge in [-0.2, -0.15) is 4.31 Å². The SMILES string of the molecule is COc1ccc(-c2ccc(N3CCCN(C(=O)CN([C@@H](C)c4ccccc4)S(=O)(=O)c4ccc(Cl)cc4)CC3)nn2)c(OC)c1. The minimum atomic E-state index is -4.02. The fourth-order valence-electron chi connectivity index (χ4n) is 5.35. The van der Waals surface area contributed by atoms with Crippen molar-refractivity contribution in [3.05, 3.63) is 95.5 Å². The van der Waals surface area contributed by atoms with E-state index >= 15 is 0 Å². The number of rotatable bonds is 10. The number of carbonyl (C=O) groups is 1. The molecular weight excluding hydrogens is 614 g/mol. The third-order valence-electron chi connectivity index (χ3n) is 7.93. The van der Waals surface area contributed by atoms with Gasteiger partial charge >= 0.3 is 0 Å². The van der Waals surface area contributed by atoms with Crippen LogP contribution < -0.4 is 14.4 Å². The minimum absolute atomic E-state index is 0.0822. The van der Waals surface area contributed by atoms with E-state index in [0.717, 1.165) is 11.1 Å². The van der Waals surface area contributed by atoms with Crippen LogP contribution in [0, 0.1) is 0 Å². The van der Waals surface area contributed by atoms with Gasteiger partial charge in [0.05, 0.1) is 31.4 Å². The summed E-state index contributed by atoms with van der Waals surface area (Å²) in [5, 5.41) is 9.35. The Kier molecular flexibility index (Phi) is 10.2. The Bertz CT molecular complexity index is 1710. The molecular formula is C33H36ClN5O5S. The highest BCUT2D eigenvalue weighted by atomic mass is 35.5. The van der Waals surface area contributed by atoms with Crippen LogP contribution in [0.25, 0.3) is 11.3 Å². The second-order valence-electron chi connectivity index (χ2n) is 10.7. The number of anilines is 1. The molecule has 2 heterocycles. The van der Waals surface area contributed by atoms with Crippen molar-refractivity contribution < 1.29 is 22.7 Å². The summed E-state index contributed by atoms with van der Waals surface area (Å²) in [6.45, 7) is 3.63. The average Bonchev–Trinajstić information content (AvgIpc) is 3.34. The predicted molar refractivity (Wildman–Crippen MR) is 174 cm³/mol. The Labute approximate surface area is 269 Å². The van der Waals surface area contributed by atoms with Crippen molar-refractivity contribution in [3.8, 4) is 22.8 Å². The molecule has 1 aromatic heterocycles. The zero-order chi connectivity index (χ0) is 32.0. The Hall–Kier alpha value is -4.19. The summed E-state index contributed by atoms with van der Waals surface area (Å²) in [6.07, 6.45) is 0.694. The fourth-order valence-corrected chi connectivity index (χ4v) is 7.04. The standard InChI is InChI=1S/C33H36ClN5O5S/c1-24(25-8-5-4-6-9-25)39(45(41,42)28-13-10-26(34)11-14-28)23-33(40)38-19-7-18-37(20-21-38)32-17-16-30(35-36-32)29-15-12-27(43-2)22-31(29)44-3/h4-6,8-17,22,24H,7,18-21,23H2,1-3H3/t24-/m0/s1. The molecule has 1 fully saturated rings. The number of carbonyl (C=O) groups excluding carboxylic acids is 1. The van der Waals surface area contributed by atoms with Crippen LogP contribution in [-0.4, -0.2) is 80.7 Å². The maximum atomic E-state index is 13.9. The fraction of sp³-hybridized carbons (Fsp3) is 0.303. The van der Waals surface area contributed by atoms with Crippen LogP contribution in [0.15, 0.2) is 89.8 Å². The largest absolute Gasteiger partial charge is 0.497 e. The van der Waals surface area contributed by atoms with E-state index in [2.05, 4.69) is 15.1 Å². The van der Waals surface area contributed by atoms with Gasteiger partial charge in [0.15, 0.2) is 5.82 Å². The van der Waals surface area contributed by atoms with E-state index in [0.29, 0.717) is 60.6 Å². The summed E-state index contributed by atoms with van der Waals surface area (Å²) in [7, 11) is -0.818. The minimum Gasteiger partial charge on any atom is -0.497 e. The van der Waals surface area contributed by atoms with E-state index in [1.165, 1.54) is 28.6 Å². The summed E-state index contributed by atoms with van der Waals surface area (Å²) in [4.78, 5) is 17.6. The first kappa shape index (κ1) is 32.2. The Balaban J connectivity index is 1.30. The summed E-state index contributed by atoms with van der Waals surface area (Å²) in [5.41, 5.74) is 2.26. The molecule has 0 radical (unpaired) electrons. The van der Waals surface area contributed by atoms with Crippen LogP contribution in [0.5, 0.6) is 11.5 Å². The summed E-state index contributed by atoms with van der Waals surface area (Å²) < 4.78 is 39.8. The number of ether oxygens (including phenoxy) is 2. The van der Waals surface area contributed by atoms with E-state index in [1.54, 1.807) is 32.1 Å². The number of hydrogen-bond acceptors (Lipinski definition) is 8. The molecule has 0 bridgehead atoms. The van der Waals surface area contributed by atoms with Crippen molar-refractivity contribution in [3.63, 3.8) is 0 Å². The number of sulfonamides is 1. The highest BCUT2D eigenvalue weighted by Crippen LogP contribution is 2.33. The summed E-state index contributed by atoms with van der Waals surface area (Å²) in [5.74, 6) is 1.76. The van der Waals surface area contributed by atoms with E-state index in [9.17, 15) is 13.2 Å². The molecule has 1 saturated heterocycles. The predicted octanol–water partition coefficient (Wildman–Crippen LogP) is 5.31. The van der Waals surface area contributed by atoms with Gasteiger partial charge in [-0.25, -0.2) is 8.42 Å². The Morgan fingerprint density at radius 2 is 1.67 bits per heavy atom. The van der Waals surface area contributed by atoms with Gasteiger partial charge in [-0.3, -0.25) is 4.79 Å². The summed E-state index contributed by atoms with van der Waals surface area (Å²) >= 11 is 6.02. The first-order valence-corrected chi connectivity index (χ1v) is 16.4. The summed E-state index contributed by atoms with van der Waals surface area (Å²) in [6, 6.07) is 24.1.